The van der Waals surface area contributed by atoms with Crippen LogP contribution in [0, 0.1) is 12.7 Å². The predicted octanol–water partition coefficient (Wildman–Crippen LogP) is 3.55. The third kappa shape index (κ3) is 3.19. The molecule has 1 aromatic carbocycles. The van der Waals surface area contributed by atoms with Crippen molar-refractivity contribution in [1.82, 2.24) is 25.1 Å². The molecular weight excluding hydrogens is 369 g/mol. The molecule has 1 aliphatic rings. The number of hydrogen-bond donors (Lipinski definition) is 1. The van der Waals surface area contributed by atoms with Gasteiger partial charge in [0.2, 0.25) is 0 Å². The van der Waals surface area contributed by atoms with E-state index < -0.39 is 5.82 Å². The minimum absolute atomic E-state index is 0.00858. The maximum atomic E-state index is 14.2. The second-order valence-electron chi connectivity index (χ2n) is 6.63. The largest absolute Gasteiger partial charge is 0.330 e. The molecule has 3 aromatic rings. The molecule has 0 radical (unpaired) electrons. The van der Waals surface area contributed by atoms with E-state index >= 15 is 0 Å². The molecule has 1 amide bonds. The lowest BCUT2D eigenvalue weighted by Crippen LogP contribution is -2.43. The van der Waals surface area contributed by atoms with Crippen LogP contribution >= 0.6 is 11.6 Å². The normalized spacial score (nSPS) is 16.3. The van der Waals surface area contributed by atoms with Gasteiger partial charge in [-0.25, -0.2) is 14.4 Å². The first kappa shape index (κ1) is 17.6. The van der Waals surface area contributed by atoms with Crippen LogP contribution in [0.15, 0.2) is 30.5 Å². The molecule has 0 saturated carbocycles. The third-order valence-electron chi connectivity index (χ3n) is 4.73. The second kappa shape index (κ2) is 6.74. The molecule has 3 heterocycles. The number of carbonyl (C=O) groups excluding carboxylic acids is 1. The summed E-state index contributed by atoms with van der Waals surface area (Å²) in [5, 5.41) is 7.19. The Morgan fingerprint density at radius 3 is 2.85 bits per heavy atom. The fraction of sp³-hybridized carbons (Fsp3) is 0.263. The van der Waals surface area contributed by atoms with Gasteiger partial charge >= 0.3 is 0 Å². The van der Waals surface area contributed by atoms with E-state index in [2.05, 4.69) is 20.2 Å². The van der Waals surface area contributed by atoms with Gasteiger partial charge in [-0.15, -0.1) is 0 Å². The molecule has 2 aromatic heterocycles. The molecule has 1 atom stereocenters. The number of carbonyl (C=O) groups is 1. The molecule has 0 bridgehead atoms. The number of rotatable bonds is 2. The zero-order valence-electron chi connectivity index (χ0n) is 14.8. The molecule has 1 aliphatic heterocycles. The Hall–Kier alpha value is -2.80. The zero-order valence-corrected chi connectivity index (χ0v) is 15.6. The highest BCUT2D eigenvalue weighted by atomic mass is 35.5. The zero-order chi connectivity index (χ0) is 19.1. The van der Waals surface area contributed by atoms with E-state index in [0.29, 0.717) is 18.8 Å². The van der Waals surface area contributed by atoms with Crippen molar-refractivity contribution in [2.24, 2.45) is 0 Å². The van der Waals surface area contributed by atoms with Crippen molar-refractivity contribution >= 4 is 17.5 Å². The van der Waals surface area contributed by atoms with E-state index in [9.17, 15) is 9.18 Å². The fourth-order valence-corrected chi connectivity index (χ4v) is 3.58. The number of aromatic amines is 1. The van der Waals surface area contributed by atoms with Crippen molar-refractivity contribution in [3.63, 3.8) is 0 Å². The molecule has 8 heteroatoms. The summed E-state index contributed by atoms with van der Waals surface area (Å²) in [5.74, 6) is -0.387. The van der Waals surface area contributed by atoms with E-state index in [4.69, 9.17) is 11.6 Å². The fourth-order valence-electron chi connectivity index (χ4n) is 3.42. The number of halogens is 2. The quantitative estimate of drug-likeness (QED) is 0.732. The second-order valence-corrected chi connectivity index (χ2v) is 7.06. The molecule has 0 fully saturated rings. The van der Waals surface area contributed by atoms with Gasteiger partial charge in [-0.05, 0) is 44.5 Å². The van der Waals surface area contributed by atoms with Crippen LogP contribution in [0.1, 0.15) is 34.4 Å². The van der Waals surface area contributed by atoms with Gasteiger partial charge < -0.3 is 4.90 Å². The van der Waals surface area contributed by atoms with E-state index in [-0.39, 0.29) is 22.5 Å². The molecule has 6 nitrogen and oxygen atoms in total. The summed E-state index contributed by atoms with van der Waals surface area (Å²) >= 11 is 5.80. The average Bonchev–Trinajstić information content (AvgIpc) is 3.15. The highest BCUT2D eigenvalue weighted by molar-refractivity contribution is 6.30. The summed E-state index contributed by atoms with van der Waals surface area (Å²) in [6, 6.07) is 5.81. The highest BCUT2D eigenvalue weighted by Gasteiger charge is 2.32. The molecule has 0 saturated heterocycles. The average molecular weight is 386 g/mol. The van der Waals surface area contributed by atoms with Gasteiger partial charge in [0.15, 0.2) is 0 Å². The van der Waals surface area contributed by atoms with Crippen LogP contribution in [0.4, 0.5) is 4.39 Å². The van der Waals surface area contributed by atoms with Crippen LogP contribution in [0.2, 0.25) is 5.02 Å². The Morgan fingerprint density at radius 2 is 2.15 bits per heavy atom. The Balaban J connectivity index is 1.72. The number of H-pyrrole nitrogens is 1. The molecule has 27 heavy (non-hydrogen) atoms. The number of benzene rings is 1. The van der Waals surface area contributed by atoms with E-state index in [1.54, 1.807) is 11.1 Å². The predicted molar refractivity (Wildman–Crippen MR) is 98.8 cm³/mol. The number of fused-ring (bicyclic) bond motifs is 1. The summed E-state index contributed by atoms with van der Waals surface area (Å²) in [5.41, 5.74) is 3.37. The van der Waals surface area contributed by atoms with Crippen LogP contribution in [0.5, 0.6) is 0 Å². The smallest absolute Gasteiger partial charge is 0.257 e. The van der Waals surface area contributed by atoms with Gasteiger partial charge in [-0.1, -0.05) is 11.6 Å². The summed E-state index contributed by atoms with van der Waals surface area (Å²) in [6.07, 6.45) is 2.25. The number of aryl methyl sites for hydroxylation is 1. The first-order valence-corrected chi connectivity index (χ1v) is 8.94. The van der Waals surface area contributed by atoms with Crippen molar-refractivity contribution < 1.29 is 9.18 Å². The van der Waals surface area contributed by atoms with Gasteiger partial charge in [0.25, 0.3) is 5.91 Å². The van der Waals surface area contributed by atoms with Gasteiger partial charge in [-0.2, -0.15) is 5.10 Å². The van der Waals surface area contributed by atoms with Crippen molar-refractivity contribution in [1.29, 1.82) is 0 Å². The lowest BCUT2D eigenvalue weighted by atomic mass is 9.95. The Morgan fingerprint density at radius 1 is 1.33 bits per heavy atom. The van der Waals surface area contributed by atoms with Crippen LogP contribution in [-0.4, -0.2) is 37.0 Å². The van der Waals surface area contributed by atoms with Gasteiger partial charge in [-0.3, -0.25) is 9.89 Å². The summed E-state index contributed by atoms with van der Waals surface area (Å²) in [4.78, 5) is 23.7. The number of nitrogens with zero attached hydrogens (tertiary/aromatic N) is 4. The summed E-state index contributed by atoms with van der Waals surface area (Å²) in [6.45, 7) is 4.04. The molecule has 0 spiro atoms. The molecule has 0 aliphatic carbocycles. The first-order chi connectivity index (χ1) is 12.9. The topological polar surface area (TPSA) is 74.8 Å². The van der Waals surface area contributed by atoms with Crippen molar-refractivity contribution in [3.05, 3.63) is 63.9 Å². The maximum Gasteiger partial charge on any atom is 0.257 e. The van der Waals surface area contributed by atoms with Crippen molar-refractivity contribution in [2.45, 2.75) is 32.9 Å². The van der Waals surface area contributed by atoms with Crippen LogP contribution in [0.3, 0.4) is 0 Å². The van der Waals surface area contributed by atoms with E-state index in [1.165, 1.54) is 12.1 Å². The van der Waals surface area contributed by atoms with E-state index in [1.807, 2.05) is 19.9 Å². The Kier molecular flexibility index (Phi) is 4.39. The number of nitrogens with one attached hydrogen (secondary N) is 1. The summed E-state index contributed by atoms with van der Waals surface area (Å²) in [7, 11) is 0. The lowest BCUT2D eigenvalue weighted by molar-refractivity contribution is 0.0649. The van der Waals surface area contributed by atoms with Crippen LogP contribution < -0.4 is 0 Å². The minimum Gasteiger partial charge on any atom is -0.330 e. The maximum absolute atomic E-state index is 14.2. The summed E-state index contributed by atoms with van der Waals surface area (Å²) < 4.78 is 14.2. The number of aromatic nitrogens is 4. The molecule has 138 valence electrons. The SMILES string of the molecule is Cc1nc2c(c(-c3ccn[nH]3)n1)CC(C)N(C(=O)c1ccc(Cl)cc1F)C2. The highest BCUT2D eigenvalue weighted by Crippen LogP contribution is 2.30. The number of amides is 1. The first-order valence-electron chi connectivity index (χ1n) is 8.56. The molecule has 4 rings (SSSR count). The van der Waals surface area contributed by atoms with Gasteiger partial charge in [0.1, 0.15) is 11.6 Å². The standard InChI is InChI=1S/C19H17ClFN5O/c1-10-7-14-17(23-11(2)24-18(14)16-5-6-22-25-16)9-26(10)19(27)13-4-3-12(20)8-15(13)21/h3-6,8,10H,7,9H2,1-2H3,(H,22,25). The molecule has 1 unspecified atom stereocenters. The Labute approximate surface area is 160 Å². The van der Waals surface area contributed by atoms with E-state index in [0.717, 1.165) is 28.7 Å². The number of hydrogen-bond acceptors (Lipinski definition) is 4. The van der Waals surface area contributed by atoms with Gasteiger partial charge in [0, 0.05) is 22.8 Å². The monoisotopic (exact) mass is 385 g/mol. The van der Waals surface area contributed by atoms with Crippen molar-refractivity contribution in [3.8, 4) is 11.4 Å². The van der Waals surface area contributed by atoms with Gasteiger partial charge in [0.05, 0.1) is 29.2 Å². The minimum atomic E-state index is -0.623. The third-order valence-corrected chi connectivity index (χ3v) is 4.97. The van der Waals surface area contributed by atoms with Crippen LogP contribution in [-0.2, 0) is 13.0 Å². The Bertz CT molecular complexity index is 1020. The molecule has 1 N–H and O–H groups in total. The van der Waals surface area contributed by atoms with Crippen LogP contribution in [0.25, 0.3) is 11.4 Å². The van der Waals surface area contributed by atoms with Crippen molar-refractivity contribution in [2.75, 3.05) is 0 Å². The lowest BCUT2D eigenvalue weighted by Gasteiger charge is -2.35. The molecular formula is C19H17ClFN5O.